The van der Waals surface area contributed by atoms with E-state index in [1.165, 1.54) is 0 Å². The van der Waals surface area contributed by atoms with E-state index in [1.54, 1.807) is 13.8 Å². The predicted molar refractivity (Wildman–Crippen MR) is 79.3 cm³/mol. The zero-order chi connectivity index (χ0) is 14.6. The number of thioether (sulfide) groups is 1. The van der Waals surface area contributed by atoms with Crippen LogP contribution in [-0.4, -0.2) is 28.9 Å². The fraction of sp³-hybridized carbons (Fsp3) is 0.733. The monoisotopic (exact) mass is 284 g/mol. The first-order valence-corrected chi connectivity index (χ1v) is 8.01. The van der Waals surface area contributed by atoms with Crippen molar-refractivity contribution in [2.24, 2.45) is 5.92 Å². The quantitative estimate of drug-likeness (QED) is 0.451. The third-order valence-corrected chi connectivity index (χ3v) is 5.11. The minimum atomic E-state index is -0.688. The molecule has 1 saturated carbocycles. The van der Waals surface area contributed by atoms with Crippen LogP contribution in [0.15, 0.2) is 12.2 Å². The number of carbonyl (C=O) groups is 2. The molecule has 0 aromatic rings. The molecule has 0 amide bonds. The molecule has 0 aromatic carbocycles. The Morgan fingerprint density at radius 2 is 1.89 bits per heavy atom. The van der Waals surface area contributed by atoms with Crippen LogP contribution in [0.2, 0.25) is 0 Å². The molecule has 0 aliphatic heterocycles. The van der Waals surface area contributed by atoms with Crippen molar-refractivity contribution >= 4 is 23.5 Å². The smallest absolute Gasteiger partial charge is 0.333 e. The minimum absolute atomic E-state index is 0.110. The summed E-state index contributed by atoms with van der Waals surface area (Å²) in [5.41, 5.74) is -0.305. The van der Waals surface area contributed by atoms with Crippen molar-refractivity contribution in [3.05, 3.63) is 12.2 Å². The maximum absolute atomic E-state index is 11.9. The van der Waals surface area contributed by atoms with Crippen molar-refractivity contribution < 1.29 is 14.3 Å². The molecule has 4 heteroatoms. The Labute approximate surface area is 120 Å². The second-order valence-corrected chi connectivity index (χ2v) is 6.76. The SMILES string of the molecule is C=C(C)C(=O)OC1(C)CCC(SC)CCC1C(C)=O. The summed E-state index contributed by atoms with van der Waals surface area (Å²) in [6.07, 6.45) is 5.61. The number of hydrogen-bond donors (Lipinski definition) is 0. The molecule has 0 N–H and O–H groups in total. The van der Waals surface area contributed by atoms with Gasteiger partial charge in [-0.15, -0.1) is 0 Å². The van der Waals surface area contributed by atoms with Gasteiger partial charge in [-0.3, -0.25) is 4.79 Å². The van der Waals surface area contributed by atoms with Gasteiger partial charge in [0.2, 0.25) is 0 Å². The van der Waals surface area contributed by atoms with E-state index in [-0.39, 0.29) is 11.7 Å². The normalized spacial score (nSPS) is 31.4. The standard InChI is InChI=1S/C15H24O3S/c1-10(2)14(17)18-15(4)9-8-12(19-5)6-7-13(15)11(3)16/h12-13H,1,6-9H2,2-5H3. The van der Waals surface area contributed by atoms with Crippen LogP contribution in [-0.2, 0) is 14.3 Å². The van der Waals surface area contributed by atoms with E-state index in [9.17, 15) is 9.59 Å². The van der Waals surface area contributed by atoms with Crippen LogP contribution in [0.25, 0.3) is 0 Å². The summed E-state index contributed by atoms with van der Waals surface area (Å²) in [7, 11) is 0. The first-order chi connectivity index (χ1) is 8.80. The minimum Gasteiger partial charge on any atom is -0.455 e. The van der Waals surface area contributed by atoms with Crippen LogP contribution in [0.1, 0.15) is 46.5 Å². The number of Topliss-reactive ketones (excluding diaryl/α,β-unsaturated/α-hetero) is 1. The topological polar surface area (TPSA) is 43.4 Å². The number of esters is 1. The molecule has 3 unspecified atom stereocenters. The van der Waals surface area contributed by atoms with E-state index in [0.29, 0.717) is 10.8 Å². The lowest BCUT2D eigenvalue weighted by atomic mass is 9.82. The van der Waals surface area contributed by atoms with Crippen molar-refractivity contribution in [2.45, 2.75) is 57.3 Å². The van der Waals surface area contributed by atoms with Crippen LogP contribution in [0.5, 0.6) is 0 Å². The highest BCUT2D eigenvalue weighted by atomic mass is 32.2. The zero-order valence-corrected chi connectivity index (χ0v) is 13.1. The average molecular weight is 284 g/mol. The number of carbonyl (C=O) groups excluding carboxylic acids is 2. The lowest BCUT2D eigenvalue weighted by Crippen LogP contribution is -2.42. The molecule has 0 spiro atoms. The molecule has 3 atom stereocenters. The van der Waals surface area contributed by atoms with Crippen LogP contribution in [0, 0.1) is 5.92 Å². The van der Waals surface area contributed by atoms with Gasteiger partial charge in [-0.1, -0.05) is 6.58 Å². The van der Waals surface area contributed by atoms with Crippen LogP contribution < -0.4 is 0 Å². The third kappa shape index (κ3) is 4.10. The Morgan fingerprint density at radius 1 is 1.26 bits per heavy atom. The van der Waals surface area contributed by atoms with Crippen molar-refractivity contribution in [3.8, 4) is 0 Å². The summed E-state index contributed by atoms with van der Waals surface area (Å²) >= 11 is 1.83. The van der Waals surface area contributed by atoms with Gasteiger partial charge in [0.1, 0.15) is 11.4 Å². The Bertz CT molecular complexity index is 378. The molecule has 0 heterocycles. The van der Waals surface area contributed by atoms with Crippen molar-refractivity contribution in [2.75, 3.05) is 6.26 Å². The van der Waals surface area contributed by atoms with Gasteiger partial charge >= 0.3 is 5.97 Å². The molecule has 1 aliphatic rings. The number of ketones is 1. The first kappa shape index (κ1) is 16.3. The molecule has 0 bridgehead atoms. The Hall–Kier alpha value is -0.770. The summed E-state index contributed by atoms with van der Waals surface area (Å²) in [4.78, 5) is 23.7. The molecule has 1 rings (SSSR count). The Morgan fingerprint density at radius 3 is 2.37 bits per heavy atom. The highest BCUT2D eigenvalue weighted by molar-refractivity contribution is 7.99. The fourth-order valence-corrected chi connectivity index (χ4v) is 3.44. The largest absolute Gasteiger partial charge is 0.455 e. The number of hydrogen-bond acceptors (Lipinski definition) is 4. The third-order valence-electron chi connectivity index (χ3n) is 3.98. The molecule has 0 radical (unpaired) electrons. The predicted octanol–water partition coefficient (Wildman–Crippen LogP) is 3.38. The van der Waals surface area contributed by atoms with Crippen LogP contribution in [0.3, 0.4) is 0 Å². The van der Waals surface area contributed by atoms with Gasteiger partial charge in [-0.2, -0.15) is 11.8 Å². The molecule has 3 nitrogen and oxygen atoms in total. The van der Waals surface area contributed by atoms with Gasteiger partial charge in [-0.05, 0) is 52.7 Å². The van der Waals surface area contributed by atoms with E-state index in [0.717, 1.165) is 25.7 Å². The highest BCUT2D eigenvalue weighted by Crippen LogP contribution is 2.39. The molecule has 0 aromatic heterocycles. The summed E-state index contributed by atoms with van der Waals surface area (Å²) < 4.78 is 5.62. The average Bonchev–Trinajstić information content (AvgIpc) is 2.48. The van der Waals surface area contributed by atoms with E-state index in [2.05, 4.69) is 12.8 Å². The summed E-state index contributed by atoms with van der Waals surface area (Å²) in [6.45, 7) is 8.73. The lowest BCUT2D eigenvalue weighted by molar-refractivity contribution is -0.162. The van der Waals surface area contributed by atoms with Gasteiger partial charge in [0.25, 0.3) is 0 Å². The summed E-state index contributed by atoms with van der Waals surface area (Å²) in [5, 5.41) is 0.548. The second kappa shape index (κ2) is 6.60. The van der Waals surface area contributed by atoms with E-state index < -0.39 is 11.6 Å². The van der Waals surface area contributed by atoms with E-state index in [4.69, 9.17) is 4.74 Å². The molecule has 0 saturated heterocycles. The molecule has 1 fully saturated rings. The van der Waals surface area contributed by atoms with Gasteiger partial charge in [0.05, 0.1) is 5.92 Å². The lowest BCUT2D eigenvalue weighted by Gasteiger charge is -2.34. The van der Waals surface area contributed by atoms with Crippen LogP contribution in [0.4, 0.5) is 0 Å². The molecular weight excluding hydrogens is 260 g/mol. The van der Waals surface area contributed by atoms with Crippen molar-refractivity contribution in [1.29, 1.82) is 0 Å². The molecule has 1 aliphatic carbocycles. The maximum Gasteiger partial charge on any atom is 0.333 e. The number of rotatable bonds is 4. The van der Waals surface area contributed by atoms with Crippen molar-refractivity contribution in [1.82, 2.24) is 0 Å². The zero-order valence-electron chi connectivity index (χ0n) is 12.3. The Kier molecular flexibility index (Phi) is 5.65. The second-order valence-electron chi connectivity index (χ2n) is 5.62. The molecular formula is C15H24O3S. The number of ether oxygens (including phenoxy) is 1. The molecule has 108 valence electrons. The van der Waals surface area contributed by atoms with Gasteiger partial charge in [0, 0.05) is 10.8 Å². The van der Waals surface area contributed by atoms with Gasteiger partial charge in [0.15, 0.2) is 0 Å². The summed E-state index contributed by atoms with van der Waals surface area (Å²) in [6, 6.07) is 0. The van der Waals surface area contributed by atoms with Crippen molar-refractivity contribution in [3.63, 3.8) is 0 Å². The first-order valence-electron chi connectivity index (χ1n) is 6.72. The summed E-state index contributed by atoms with van der Waals surface area (Å²) in [5.74, 6) is -0.483. The highest BCUT2D eigenvalue weighted by Gasteiger charge is 2.43. The van der Waals surface area contributed by atoms with E-state index in [1.807, 2.05) is 18.7 Å². The molecule has 19 heavy (non-hydrogen) atoms. The fourth-order valence-electron chi connectivity index (χ4n) is 2.71. The van der Waals surface area contributed by atoms with E-state index >= 15 is 0 Å². The van der Waals surface area contributed by atoms with Gasteiger partial charge in [-0.25, -0.2) is 4.79 Å². The van der Waals surface area contributed by atoms with Crippen LogP contribution >= 0.6 is 11.8 Å². The Balaban J connectivity index is 2.93. The maximum atomic E-state index is 11.9. The van der Waals surface area contributed by atoms with Gasteiger partial charge < -0.3 is 4.74 Å².